The van der Waals surface area contributed by atoms with Gasteiger partial charge in [-0.15, -0.1) is 0 Å². The van der Waals surface area contributed by atoms with E-state index in [1.54, 1.807) is 12.1 Å². The van der Waals surface area contributed by atoms with Gasteiger partial charge in [-0.3, -0.25) is 9.80 Å². The Balaban J connectivity index is 1.49. The zero-order chi connectivity index (χ0) is 22.1. The highest BCUT2D eigenvalue weighted by Crippen LogP contribution is 2.30. The van der Waals surface area contributed by atoms with E-state index in [2.05, 4.69) is 21.9 Å². The average Bonchev–Trinajstić information content (AvgIpc) is 3.11. The quantitative estimate of drug-likeness (QED) is 0.654. The van der Waals surface area contributed by atoms with Gasteiger partial charge in [0.25, 0.3) is 0 Å². The summed E-state index contributed by atoms with van der Waals surface area (Å²) in [5.74, 6) is -0.373. The molecule has 0 amide bonds. The summed E-state index contributed by atoms with van der Waals surface area (Å²) in [7, 11) is -7.12. The third-order valence-electron chi connectivity index (χ3n) is 6.46. The van der Waals surface area contributed by atoms with E-state index in [4.69, 9.17) is 0 Å². The molecule has 0 bridgehead atoms. The predicted octanol–water partition coefficient (Wildman–Crippen LogP) is 2.01. The van der Waals surface area contributed by atoms with E-state index in [1.165, 1.54) is 5.56 Å². The van der Waals surface area contributed by atoms with Crippen LogP contribution in [0.2, 0.25) is 0 Å². The van der Waals surface area contributed by atoms with E-state index in [0.29, 0.717) is 13.1 Å². The van der Waals surface area contributed by atoms with Crippen molar-refractivity contribution in [2.75, 3.05) is 37.7 Å². The first-order valence-electron chi connectivity index (χ1n) is 10.8. The van der Waals surface area contributed by atoms with Crippen LogP contribution in [0, 0.1) is 0 Å². The molecule has 2 atom stereocenters. The zero-order valence-corrected chi connectivity index (χ0v) is 19.5. The maximum atomic E-state index is 13.4. The molecule has 0 spiro atoms. The highest BCUT2D eigenvalue weighted by molar-refractivity contribution is 7.96. The number of hydrogen-bond donors (Lipinski definition) is 0. The molecule has 2 aromatic carbocycles. The SMILES string of the molecule is CCc1ccc(S(=O)(=O)[C@@H]2CS(=O)(=O)C[C@H]2N2CCN(Cc3ccccc3)CC2)cc1. The Morgan fingerprint density at radius 2 is 1.52 bits per heavy atom. The van der Waals surface area contributed by atoms with Crippen molar-refractivity contribution in [2.24, 2.45) is 0 Å². The zero-order valence-electron chi connectivity index (χ0n) is 17.9. The Morgan fingerprint density at radius 3 is 2.13 bits per heavy atom. The van der Waals surface area contributed by atoms with Gasteiger partial charge in [0.1, 0.15) is 0 Å². The summed E-state index contributed by atoms with van der Waals surface area (Å²) in [5, 5.41) is -0.911. The van der Waals surface area contributed by atoms with Gasteiger partial charge in [-0.05, 0) is 29.7 Å². The minimum Gasteiger partial charge on any atom is -0.297 e. The van der Waals surface area contributed by atoms with Crippen molar-refractivity contribution in [2.45, 2.75) is 36.1 Å². The third-order valence-corrected chi connectivity index (χ3v) is 10.6. The number of rotatable bonds is 6. The number of sulfone groups is 2. The topological polar surface area (TPSA) is 74.8 Å². The van der Waals surface area contributed by atoms with E-state index in [1.807, 2.05) is 37.3 Å². The molecule has 2 heterocycles. The average molecular weight is 463 g/mol. The Hall–Kier alpha value is -1.74. The fraction of sp³-hybridized carbons (Fsp3) is 0.478. The van der Waals surface area contributed by atoms with E-state index in [-0.39, 0.29) is 16.4 Å². The molecule has 2 fully saturated rings. The van der Waals surface area contributed by atoms with E-state index in [9.17, 15) is 16.8 Å². The van der Waals surface area contributed by atoms with Gasteiger partial charge < -0.3 is 0 Å². The number of piperazine rings is 1. The first-order valence-corrected chi connectivity index (χ1v) is 14.2. The summed E-state index contributed by atoms with van der Waals surface area (Å²) < 4.78 is 51.7. The molecule has 0 saturated carbocycles. The molecule has 2 saturated heterocycles. The molecule has 0 aromatic heterocycles. The van der Waals surface area contributed by atoms with Crippen molar-refractivity contribution in [1.29, 1.82) is 0 Å². The molecule has 0 N–H and O–H groups in total. The van der Waals surface area contributed by atoms with Gasteiger partial charge in [0.15, 0.2) is 19.7 Å². The van der Waals surface area contributed by atoms with Gasteiger partial charge in [0.05, 0.1) is 21.7 Å². The molecular formula is C23H30N2O4S2. The van der Waals surface area contributed by atoms with Crippen LogP contribution in [0.4, 0.5) is 0 Å². The van der Waals surface area contributed by atoms with Crippen LogP contribution in [0.25, 0.3) is 0 Å². The van der Waals surface area contributed by atoms with Crippen molar-refractivity contribution in [1.82, 2.24) is 9.80 Å². The molecule has 2 aliphatic rings. The molecule has 2 aromatic rings. The van der Waals surface area contributed by atoms with Gasteiger partial charge in [-0.1, -0.05) is 49.4 Å². The highest BCUT2D eigenvalue weighted by atomic mass is 32.2. The Labute approximate surface area is 185 Å². The second-order valence-electron chi connectivity index (χ2n) is 8.52. The van der Waals surface area contributed by atoms with Crippen LogP contribution in [-0.4, -0.2) is 75.6 Å². The summed E-state index contributed by atoms with van der Waals surface area (Å²) in [4.78, 5) is 4.64. The molecule has 8 heteroatoms. The van der Waals surface area contributed by atoms with Crippen LogP contribution in [0.5, 0.6) is 0 Å². The molecule has 4 rings (SSSR count). The van der Waals surface area contributed by atoms with Crippen LogP contribution in [0.15, 0.2) is 59.5 Å². The van der Waals surface area contributed by atoms with Crippen LogP contribution in [0.1, 0.15) is 18.1 Å². The maximum Gasteiger partial charge on any atom is 0.183 e. The summed E-state index contributed by atoms with van der Waals surface area (Å²) >= 11 is 0. The van der Waals surface area contributed by atoms with Crippen LogP contribution in [0.3, 0.4) is 0 Å². The molecule has 0 radical (unpaired) electrons. The number of nitrogens with zero attached hydrogens (tertiary/aromatic N) is 2. The maximum absolute atomic E-state index is 13.4. The van der Waals surface area contributed by atoms with Gasteiger partial charge in [-0.2, -0.15) is 0 Å². The highest BCUT2D eigenvalue weighted by Gasteiger charge is 2.48. The van der Waals surface area contributed by atoms with Gasteiger partial charge >= 0.3 is 0 Å². The Kier molecular flexibility index (Phi) is 6.53. The normalized spacial score (nSPS) is 24.9. The van der Waals surface area contributed by atoms with E-state index in [0.717, 1.165) is 31.6 Å². The third kappa shape index (κ3) is 5.03. The van der Waals surface area contributed by atoms with Crippen molar-refractivity contribution in [3.8, 4) is 0 Å². The summed E-state index contributed by atoms with van der Waals surface area (Å²) in [6.07, 6.45) is 0.827. The van der Waals surface area contributed by atoms with E-state index >= 15 is 0 Å². The molecule has 0 unspecified atom stereocenters. The molecule has 0 aliphatic carbocycles. The van der Waals surface area contributed by atoms with Crippen LogP contribution >= 0.6 is 0 Å². The minimum atomic E-state index is -3.73. The van der Waals surface area contributed by atoms with E-state index < -0.39 is 31.0 Å². The van der Waals surface area contributed by atoms with Crippen molar-refractivity contribution in [3.05, 3.63) is 65.7 Å². The van der Waals surface area contributed by atoms with Crippen LogP contribution in [-0.2, 0) is 32.6 Å². The largest absolute Gasteiger partial charge is 0.297 e. The van der Waals surface area contributed by atoms with Gasteiger partial charge in [0.2, 0.25) is 0 Å². The van der Waals surface area contributed by atoms with Crippen molar-refractivity contribution >= 4 is 19.7 Å². The minimum absolute atomic E-state index is 0.0807. The molecule has 6 nitrogen and oxygen atoms in total. The Bertz CT molecular complexity index is 1090. The van der Waals surface area contributed by atoms with Crippen LogP contribution < -0.4 is 0 Å². The summed E-state index contributed by atoms with van der Waals surface area (Å²) in [6.45, 7) is 5.80. The fourth-order valence-electron chi connectivity index (χ4n) is 4.62. The lowest BCUT2D eigenvalue weighted by atomic mass is 10.1. The molecule has 31 heavy (non-hydrogen) atoms. The molecule has 2 aliphatic heterocycles. The molecule has 168 valence electrons. The lowest BCUT2D eigenvalue weighted by molar-refractivity contribution is 0.101. The summed E-state index contributed by atoms with van der Waals surface area (Å²) in [5.41, 5.74) is 2.31. The monoisotopic (exact) mass is 462 g/mol. The van der Waals surface area contributed by atoms with Crippen molar-refractivity contribution < 1.29 is 16.8 Å². The van der Waals surface area contributed by atoms with Gasteiger partial charge in [-0.25, -0.2) is 16.8 Å². The second-order valence-corrected chi connectivity index (χ2v) is 12.8. The second kappa shape index (κ2) is 9.02. The summed E-state index contributed by atoms with van der Waals surface area (Å²) in [6, 6.07) is 16.6. The first-order chi connectivity index (χ1) is 14.8. The Morgan fingerprint density at radius 1 is 0.871 bits per heavy atom. The fourth-order valence-corrected chi connectivity index (χ4v) is 9.45. The number of hydrogen-bond acceptors (Lipinski definition) is 6. The number of benzene rings is 2. The predicted molar refractivity (Wildman–Crippen MR) is 123 cm³/mol. The smallest absolute Gasteiger partial charge is 0.183 e. The lowest BCUT2D eigenvalue weighted by Gasteiger charge is -2.39. The standard InChI is InChI=1S/C23H30N2O4S2/c1-2-19-8-10-21(11-9-19)31(28,29)23-18-30(26,27)17-22(23)25-14-12-24(13-15-25)16-20-6-4-3-5-7-20/h3-11,22-23H,2,12-18H2,1H3/t22-,23-/m1/s1. The lowest BCUT2D eigenvalue weighted by Crippen LogP contribution is -2.54. The molecular weight excluding hydrogens is 432 g/mol. The number of aryl methyl sites for hydroxylation is 1. The first kappa shape index (κ1) is 22.5. The van der Waals surface area contributed by atoms with Gasteiger partial charge in [0, 0.05) is 38.8 Å². The van der Waals surface area contributed by atoms with Crippen molar-refractivity contribution in [3.63, 3.8) is 0 Å².